The molecule has 3 rings (SSSR count). The summed E-state index contributed by atoms with van der Waals surface area (Å²) in [4.78, 5) is 13.6. The summed E-state index contributed by atoms with van der Waals surface area (Å²) in [5, 5.41) is 13.8. The highest BCUT2D eigenvalue weighted by Gasteiger charge is 2.18. The lowest BCUT2D eigenvalue weighted by Gasteiger charge is -2.18. The Morgan fingerprint density at radius 2 is 2.16 bits per heavy atom. The average molecular weight is 371 g/mol. The van der Waals surface area contributed by atoms with E-state index in [0.29, 0.717) is 11.7 Å². The number of thiophene rings is 1. The Kier molecular flexibility index (Phi) is 6.03. The molecule has 2 aromatic heterocycles. The third kappa shape index (κ3) is 4.58. The minimum atomic E-state index is -0.139. The van der Waals surface area contributed by atoms with Crippen molar-refractivity contribution in [1.82, 2.24) is 20.1 Å². The second-order valence-electron chi connectivity index (χ2n) is 5.27. The molecule has 0 fully saturated rings. The molecule has 0 spiro atoms. The molecule has 1 amide bonds. The average Bonchev–Trinajstić information content (AvgIpc) is 3.31. The molecule has 2 heterocycles. The van der Waals surface area contributed by atoms with Crippen LogP contribution in [0.2, 0.25) is 0 Å². The van der Waals surface area contributed by atoms with Crippen LogP contribution in [0.25, 0.3) is 0 Å². The summed E-state index contributed by atoms with van der Waals surface area (Å²) in [5.74, 6) is 0.241. The van der Waals surface area contributed by atoms with Gasteiger partial charge in [0.1, 0.15) is 6.33 Å². The van der Waals surface area contributed by atoms with Gasteiger partial charge in [0.05, 0.1) is 11.8 Å². The van der Waals surface area contributed by atoms with Crippen molar-refractivity contribution in [3.63, 3.8) is 0 Å². The number of amides is 1. The van der Waals surface area contributed by atoms with Gasteiger partial charge in [-0.15, -0.1) is 28.1 Å². The number of rotatable bonds is 8. The molecule has 5 nitrogen and oxygen atoms in total. The number of nitrogens with zero attached hydrogens (tertiary/aromatic N) is 3. The van der Waals surface area contributed by atoms with Crippen LogP contribution in [-0.2, 0) is 11.3 Å². The van der Waals surface area contributed by atoms with Crippen molar-refractivity contribution in [1.29, 1.82) is 0 Å². The van der Waals surface area contributed by atoms with Crippen molar-refractivity contribution in [2.24, 2.45) is 0 Å². The van der Waals surface area contributed by atoms with Gasteiger partial charge in [-0.2, -0.15) is 0 Å². The Balaban J connectivity index is 1.67. The van der Waals surface area contributed by atoms with Gasteiger partial charge in [0.25, 0.3) is 0 Å². The van der Waals surface area contributed by atoms with Crippen molar-refractivity contribution in [3.8, 4) is 0 Å². The normalized spacial score (nSPS) is 11.8. The van der Waals surface area contributed by atoms with Crippen molar-refractivity contribution in [2.75, 3.05) is 5.75 Å². The summed E-state index contributed by atoms with van der Waals surface area (Å²) in [6.07, 6.45) is 3.41. The highest BCUT2D eigenvalue weighted by atomic mass is 32.2. The molecule has 1 N–H and O–H groups in total. The maximum Gasteiger partial charge on any atom is 0.231 e. The second kappa shape index (κ2) is 8.64. The lowest BCUT2D eigenvalue weighted by molar-refractivity contribution is -0.119. The van der Waals surface area contributed by atoms with Crippen LogP contribution in [0.5, 0.6) is 0 Å². The molecule has 0 aliphatic carbocycles. The summed E-state index contributed by atoms with van der Waals surface area (Å²) in [6.45, 7) is 4.33. The highest BCUT2D eigenvalue weighted by Crippen LogP contribution is 2.26. The number of carbonyl (C=O) groups is 1. The van der Waals surface area contributed by atoms with Crippen molar-refractivity contribution in [3.05, 3.63) is 77.3 Å². The Labute approximate surface area is 154 Å². The van der Waals surface area contributed by atoms with Crippen molar-refractivity contribution in [2.45, 2.75) is 17.7 Å². The van der Waals surface area contributed by atoms with Crippen LogP contribution in [-0.4, -0.2) is 26.4 Å². The molecule has 25 heavy (non-hydrogen) atoms. The molecule has 128 valence electrons. The van der Waals surface area contributed by atoms with Gasteiger partial charge < -0.3 is 9.88 Å². The molecule has 3 aromatic rings. The first-order chi connectivity index (χ1) is 12.3. The van der Waals surface area contributed by atoms with Crippen LogP contribution in [0, 0.1) is 0 Å². The lowest BCUT2D eigenvalue weighted by Crippen LogP contribution is -2.30. The number of hydrogen-bond donors (Lipinski definition) is 1. The van der Waals surface area contributed by atoms with Crippen LogP contribution in [0.15, 0.2) is 72.0 Å². The fourth-order valence-electron chi connectivity index (χ4n) is 2.37. The summed E-state index contributed by atoms with van der Waals surface area (Å²) in [6, 6.07) is 13.9. The number of benzene rings is 1. The van der Waals surface area contributed by atoms with E-state index in [9.17, 15) is 4.79 Å². The number of aromatic nitrogens is 3. The standard InChI is InChI=1S/C18H18N4OS2/c1-2-10-22-13-19-21-18(22)25-12-16(23)20-17(15-9-6-11-24-15)14-7-4-3-5-8-14/h2-9,11,13,17H,1,10,12H2,(H,20,23)/t17-/m0/s1. The molecule has 0 radical (unpaired) electrons. The molecule has 0 saturated carbocycles. The molecular weight excluding hydrogens is 352 g/mol. The molecule has 0 bridgehead atoms. The zero-order chi connectivity index (χ0) is 17.5. The van der Waals surface area contributed by atoms with Crippen molar-refractivity contribution >= 4 is 29.0 Å². The van der Waals surface area contributed by atoms with Gasteiger partial charge in [0, 0.05) is 11.4 Å². The minimum absolute atomic E-state index is 0.0413. The first kappa shape index (κ1) is 17.4. The Morgan fingerprint density at radius 3 is 2.88 bits per heavy atom. The van der Waals surface area contributed by atoms with E-state index >= 15 is 0 Å². The molecule has 7 heteroatoms. The van der Waals surface area contributed by atoms with Gasteiger partial charge in [0.2, 0.25) is 5.91 Å². The highest BCUT2D eigenvalue weighted by molar-refractivity contribution is 7.99. The number of nitrogens with one attached hydrogen (secondary N) is 1. The summed E-state index contributed by atoms with van der Waals surface area (Å²) in [5.41, 5.74) is 1.07. The molecule has 1 atom stereocenters. The third-order valence-corrected chi connectivity index (χ3v) is 5.42. The molecule has 0 saturated heterocycles. The molecule has 0 aliphatic rings. The SMILES string of the molecule is C=CCn1cnnc1SCC(=O)N[C@@H](c1ccccc1)c1cccs1. The maximum atomic E-state index is 12.5. The summed E-state index contributed by atoms with van der Waals surface area (Å²) < 4.78 is 1.86. The van der Waals surface area contributed by atoms with E-state index in [1.807, 2.05) is 52.4 Å². The van der Waals surface area contributed by atoms with E-state index in [1.54, 1.807) is 23.7 Å². The van der Waals surface area contributed by atoms with Gasteiger partial charge in [-0.05, 0) is 17.0 Å². The quantitative estimate of drug-likeness (QED) is 0.487. The molecule has 0 aliphatic heterocycles. The smallest absolute Gasteiger partial charge is 0.231 e. The molecule has 0 unspecified atom stereocenters. The van der Waals surface area contributed by atoms with Crippen molar-refractivity contribution < 1.29 is 4.79 Å². The van der Waals surface area contributed by atoms with Gasteiger partial charge in [-0.3, -0.25) is 4.79 Å². The van der Waals surface area contributed by atoms with E-state index in [-0.39, 0.29) is 17.7 Å². The Bertz CT molecular complexity index is 815. The first-order valence-corrected chi connectivity index (χ1v) is 9.63. The van der Waals surface area contributed by atoms with Crippen LogP contribution in [0.3, 0.4) is 0 Å². The lowest BCUT2D eigenvalue weighted by atomic mass is 10.1. The van der Waals surface area contributed by atoms with Crippen LogP contribution in [0.1, 0.15) is 16.5 Å². The van der Waals surface area contributed by atoms with E-state index in [4.69, 9.17) is 0 Å². The van der Waals surface area contributed by atoms with Gasteiger partial charge in [-0.1, -0.05) is 54.2 Å². The Hall–Kier alpha value is -2.38. The van der Waals surface area contributed by atoms with Gasteiger partial charge in [0.15, 0.2) is 5.16 Å². The van der Waals surface area contributed by atoms with Gasteiger partial charge in [-0.25, -0.2) is 0 Å². The predicted octanol–water partition coefficient (Wildman–Crippen LogP) is 3.52. The predicted molar refractivity (Wildman–Crippen MR) is 102 cm³/mol. The van der Waals surface area contributed by atoms with Crippen LogP contribution in [0.4, 0.5) is 0 Å². The maximum absolute atomic E-state index is 12.5. The second-order valence-corrected chi connectivity index (χ2v) is 7.19. The zero-order valence-corrected chi connectivity index (χ0v) is 15.2. The summed E-state index contributed by atoms with van der Waals surface area (Å²) >= 11 is 3.00. The van der Waals surface area contributed by atoms with E-state index in [0.717, 1.165) is 10.4 Å². The van der Waals surface area contributed by atoms with E-state index < -0.39 is 0 Å². The fourth-order valence-corrected chi connectivity index (χ4v) is 3.91. The topological polar surface area (TPSA) is 59.8 Å². The van der Waals surface area contributed by atoms with Crippen LogP contribution >= 0.6 is 23.1 Å². The largest absolute Gasteiger partial charge is 0.344 e. The summed E-state index contributed by atoms with van der Waals surface area (Å²) in [7, 11) is 0. The van der Waals surface area contributed by atoms with Crippen LogP contribution < -0.4 is 5.32 Å². The first-order valence-electron chi connectivity index (χ1n) is 7.77. The number of hydrogen-bond acceptors (Lipinski definition) is 5. The number of thioether (sulfide) groups is 1. The Morgan fingerprint density at radius 1 is 1.32 bits per heavy atom. The monoisotopic (exact) mass is 370 g/mol. The fraction of sp³-hybridized carbons (Fsp3) is 0.167. The molecule has 1 aromatic carbocycles. The molecular formula is C18H18N4OS2. The van der Waals surface area contributed by atoms with Gasteiger partial charge >= 0.3 is 0 Å². The number of carbonyl (C=O) groups excluding carboxylic acids is 1. The number of allylic oxidation sites excluding steroid dienone is 1. The van der Waals surface area contributed by atoms with E-state index in [1.165, 1.54) is 11.8 Å². The van der Waals surface area contributed by atoms with E-state index in [2.05, 4.69) is 22.1 Å². The minimum Gasteiger partial charge on any atom is -0.344 e. The zero-order valence-electron chi connectivity index (χ0n) is 13.5. The third-order valence-electron chi connectivity index (χ3n) is 3.50.